The molecule has 0 saturated heterocycles. The second-order valence-electron chi connectivity index (χ2n) is 3.95. The second-order valence-corrected chi connectivity index (χ2v) is 6.24. The van der Waals surface area contributed by atoms with Crippen molar-refractivity contribution in [1.29, 1.82) is 0 Å². The normalized spacial score (nSPS) is 11.8. The van der Waals surface area contributed by atoms with E-state index in [1.165, 1.54) is 18.9 Å². The first-order valence-corrected chi connectivity index (χ1v) is 7.69. The van der Waals surface area contributed by atoms with Crippen molar-refractivity contribution in [3.8, 4) is 0 Å². The number of ether oxygens (including phenoxy) is 1. The van der Waals surface area contributed by atoms with E-state index >= 15 is 0 Å². The first kappa shape index (κ1) is 17.1. The smallest absolute Gasteiger partial charge is 0.306 e. The number of hydrogen-bond donors (Lipinski definition) is 1. The van der Waals surface area contributed by atoms with Crippen LogP contribution in [0.4, 0.5) is 5.69 Å². The molecule has 1 amide bonds. The van der Waals surface area contributed by atoms with Gasteiger partial charge in [0, 0.05) is 10.8 Å². The minimum Gasteiger partial charge on any atom is -0.469 e. The maximum atomic E-state index is 12.0. The van der Waals surface area contributed by atoms with Gasteiger partial charge < -0.3 is 10.1 Å². The summed E-state index contributed by atoms with van der Waals surface area (Å²) in [7, 11) is 1.34. The van der Waals surface area contributed by atoms with Crippen LogP contribution < -0.4 is 5.32 Å². The highest BCUT2D eigenvalue weighted by Crippen LogP contribution is 2.26. The van der Waals surface area contributed by atoms with Crippen LogP contribution in [0.2, 0.25) is 10.0 Å². The molecule has 0 aliphatic carbocycles. The Hall–Kier alpha value is -0.910. The van der Waals surface area contributed by atoms with Crippen LogP contribution in [0, 0.1) is 0 Å². The SMILES string of the molecule is COC(=O)CCS[C@H](C)C(=O)Nc1cc(Cl)ccc1Cl. The van der Waals surface area contributed by atoms with Crippen LogP contribution in [0.1, 0.15) is 13.3 Å². The number of methoxy groups -OCH3 is 1. The van der Waals surface area contributed by atoms with Gasteiger partial charge in [0.15, 0.2) is 0 Å². The monoisotopic (exact) mass is 335 g/mol. The number of rotatable bonds is 6. The lowest BCUT2D eigenvalue weighted by Gasteiger charge is -2.12. The summed E-state index contributed by atoms with van der Waals surface area (Å²) in [6.07, 6.45) is 0.275. The van der Waals surface area contributed by atoms with E-state index in [4.69, 9.17) is 23.2 Å². The highest BCUT2D eigenvalue weighted by atomic mass is 35.5. The number of carbonyl (C=O) groups is 2. The molecule has 0 fully saturated rings. The lowest BCUT2D eigenvalue weighted by atomic mass is 10.3. The van der Waals surface area contributed by atoms with Gasteiger partial charge in [0.1, 0.15) is 0 Å². The molecule has 0 unspecified atom stereocenters. The molecule has 1 aromatic carbocycles. The van der Waals surface area contributed by atoms with Crippen LogP contribution in [-0.2, 0) is 14.3 Å². The van der Waals surface area contributed by atoms with E-state index in [0.29, 0.717) is 21.5 Å². The van der Waals surface area contributed by atoms with E-state index in [2.05, 4.69) is 10.1 Å². The summed E-state index contributed by atoms with van der Waals surface area (Å²) in [6, 6.07) is 4.86. The number of esters is 1. The molecule has 1 N–H and O–H groups in total. The van der Waals surface area contributed by atoms with Crippen LogP contribution in [-0.4, -0.2) is 30.0 Å². The maximum Gasteiger partial charge on any atom is 0.306 e. The van der Waals surface area contributed by atoms with Gasteiger partial charge in [-0.1, -0.05) is 23.2 Å². The van der Waals surface area contributed by atoms with E-state index in [-0.39, 0.29) is 23.5 Å². The summed E-state index contributed by atoms with van der Waals surface area (Å²) >= 11 is 13.2. The molecule has 1 atom stereocenters. The van der Waals surface area contributed by atoms with Gasteiger partial charge in [-0.15, -0.1) is 11.8 Å². The van der Waals surface area contributed by atoms with E-state index < -0.39 is 0 Å². The Kier molecular flexibility index (Phi) is 7.19. The molecule has 20 heavy (non-hydrogen) atoms. The summed E-state index contributed by atoms with van der Waals surface area (Å²) in [5.74, 6) is 0.0388. The van der Waals surface area contributed by atoms with Gasteiger partial charge in [-0.3, -0.25) is 9.59 Å². The zero-order valence-corrected chi connectivity index (χ0v) is 13.4. The first-order chi connectivity index (χ1) is 9.43. The molecule has 0 heterocycles. The van der Waals surface area contributed by atoms with Crippen molar-refractivity contribution in [2.75, 3.05) is 18.2 Å². The van der Waals surface area contributed by atoms with E-state index in [9.17, 15) is 9.59 Å². The molecule has 0 aliphatic heterocycles. The van der Waals surface area contributed by atoms with Crippen LogP contribution >= 0.6 is 35.0 Å². The Morgan fingerprint density at radius 1 is 1.40 bits per heavy atom. The maximum absolute atomic E-state index is 12.0. The first-order valence-electron chi connectivity index (χ1n) is 5.88. The highest BCUT2D eigenvalue weighted by molar-refractivity contribution is 8.00. The molecule has 0 radical (unpaired) electrons. The average Bonchev–Trinajstić information content (AvgIpc) is 2.42. The molecule has 0 aromatic heterocycles. The average molecular weight is 336 g/mol. The minimum atomic E-state index is -0.310. The minimum absolute atomic E-state index is 0.191. The third-order valence-corrected chi connectivity index (χ3v) is 4.18. The van der Waals surface area contributed by atoms with Crippen LogP contribution in [0.5, 0.6) is 0 Å². The lowest BCUT2D eigenvalue weighted by molar-refractivity contribution is -0.140. The van der Waals surface area contributed by atoms with Crippen molar-refractivity contribution in [3.63, 3.8) is 0 Å². The summed E-state index contributed by atoms with van der Waals surface area (Å²) in [5.41, 5.74) is 0.476. The molecular formula is C13H15Cl2NO3S. The Morgan fingerprint density at radius 2 is 2.10 bits per heavy atom. The number of carbonyl (C=O) groups excluding carboxylic acids is 2. The summed E-state index contributed by atoms with van der Waals surface area (Å²) < 4.78 is 4.53. The molecule has 0 spiro atoms. The fourth-order valence-electron chi connectivity index (χ4n) is 1.32. The number of hydrogen-bond acceptors (Lipinski definition) is 4. The van der Waals surface area contributed by atoms with Gasteiger partial charge in [-0.05, 0) is 25.1 Å². The van der Waals surface area contributed by atoms with Crippen LogP contribution in [0.3, 0.4) is 0 Å². The van der Waals surface area contributed by atoms with Gasteiger partial charge in [-0.25, -0.2) is 0 Å². The summed E-state index contributed by atoms with van der Waals surface area (Å²) in [5, 5.41) is 3.32. The molecule has 110 valence electrons. The van der Waals surface area contributed by atoms with E-state index in [1.54, 1.807) is 25.1 Å². The Labute approximate surface area is 132 Å². The summed E-state index contributed by atoms with van der Waals surface area (Å²) in [4.78, 5) is 22.9. The third kappa shape index (κ3) is 5.61. The predicted molar refractivity (Wildman–Crippen MR) is 83.6 cm³/mol. The van der Waals surface area contributed by atoms with E-state index in [0.717, 1.165) is 0 Å². The number of anilines is 1. The quantitative estimate of drug-likeness (QED) is 0.806. The van der Waals surface area contributed by atoms with Crippen LogP contribution in [0.15, 0.2) is 18.2 Å². The molecule has 0 saturated carbocycles. The molecule has 0 bridgehead atoms. The third-order valence-electron chi connectivity index (χ3n) is 2.46. The topological polar surface area (TPSA) is 55.4 Å². The molecule has 1 aromatic rings. The van der Waals surface area contributed by atoms with Gasteiger partial charge in [0.2, 0.25) is 5.91 Å². The van der Waals surface area contributed by atoms with Gasteiger partial charge >= 0.3 is 5.97 Å². The molecule has 1 rings (SSSR count). The predicted octanol–water partition coefficient (Wildman–Crippen LogP) is 3.62. The lowest BCUT2D eigenvalue weighted by Crippen LogP contribution is -2.23. The molecule has 0 aliphatic rings. The second kappa shape index (κ2) is 8.39. The summed E-state index contributed by atoms with van der Waals surface area (Å²) in [6.45, 7) is 1.76. The van der Waals surface area contributed by atoms with Crippen LogP contribution in [0.25, 0.3) is 0 Å². The largest absolute Gasteiger partial charge is 0.469 e. The zero-order valence-electron chi connectivity index (χ0n) is 11.1. The fourth-order valence-corrected chi connectivity index (χ4v) is 2.51. The van der Waals surface area contributed by atoms with Crippen molar-refractivity contribution in [1.82, 2.24) is 0 Å². The van der Waals surface area contributed by atoms with Crippen molar-refractivity contribution in [2.45, 2.75) is 18.6 Å². The Bertz CT molecular complexity index is 497. The van der Waals surface area contributed by atoms with Crippen molar-refractivity contribution >= 4 is 52.5 Å². The van der Waals surface area contributed by atoms with Gasteiger partial charge in [-0.2, -0.15) is 0 Å². The highest BCUT2D eigenvalue weighted by Gasteiger charge is 2.15. The van der Waals surface area contributed by atoms with Crippen molar-refractivity contribution in [2.24, 2.45) is 0 Å². The van der Waals surface area contributed by atoms with Gasteiger partial charge in [0.25, 0.3) is 0 Å². The number of nitrogens with one attached hydrogen (secondary N) is 1. The Balaban J connectivity index is 2.49. The standard InChI is InChI=1S/C13H15Cl2NO3S/c1-8(20-6-5-12(17)19-2)13(18)16-11-7-9(14)3-4-10(11)15/h3-4,7-8H,5-6H2,1-2H3,(H,16,18)/t8-/m1/s1. The zero-order chi connectivity index (χ0) is 15.1. The van der Waals surface area contributed by atoms with Crippen molar-refractivity contribution in [3.05, 3.63) is 28.2 Å². The fraction of sp³-hybridized carbons (Fsp3) is 0.385. The molecule has 7 heteroatoms. The van der Waals surface area contributed by atoms with Crippen molar-refractivity contribution < 1.29 is 14.3 Å². The Morgan fingerprint density at radius 3 is 2.75 bits per heavy atom. The number of thioether (sulfide) groups is 1. The molecule has 4 nitrogen and oxygen atoms in total. The van der Waals surface area contributed by atoms with E-state index in [1.807, 2.05) is 0 Å². The van der Waals surface area contributed by atoms with Gasteiger partial charge in [0.05, 0.1) is 29.5 Å². The number of amides is 1. The number of halogens is 2. The number of benzene rings is 1. The molecular weight excluding hydrogens is 321 g/mol.